The van der Waals surface area contributed by atoms with E-state index in [-0.39, 0.29) is 45.7 Å². The number of halogens is 3. The third-order valence-corrected chi connectivity index (χ3v) is 7.78. The van der Waals surface area contributed by atoms with E-state index in [1.807, 2.05) is 25.9 Å². The van der Waals surface area contributed by atoms with E-state index in [2.05, 4.69) is 27.1 Å². The van der Waals surface area contributed by atoms with Gasteiger partial charge in [0.05, 0.1) is 42.0 Å². The first-order chi connectivity index (χ1) is 19.7. The van der Waals surface area contributed by atoms with Crippen LogP contribution in [0.3, 0.4) is 0 Å². The van der Waals surface area contributed by atoms with E-state index in [0.29, 0.717) is 22.6 Å². The average Bonchev–Trinajstić information content (AvgIpc) is 3.25. The van der Waals surface area contributed by atoms with Crippen molar-refractivity contribution in [3.05, 3.63) is 76.0 Å². The molecule has 0 unspecified atom stereocenters. The van der Waals surface area contributed by atoms with E-state index >= 15 is 0 Å². The number of hydrogen-bond acceptors (Lipinski definition) is 7. The van der Waals surface area contributed by atoms with E-state index in [1.54, 1.807) is 12.1 Å². The monoisotopic (exact) mass is 601 g/mol. The van der Waals surface area contributed by atoms with Crippen LogP contribution in [0.4, 0.5) is 18.9 Å². The minimum absolute atomic E-state index is 0.0125. The molecule has 3 heterocycles. The van der Waals surface area contributed by atoms with Crippen molar-refractivity contribution in [2.45, 2.75) is 30.5 Å². The summed E-state index contributed by atoms with van der Waals surface area (Å²) in [7, 11) is 1.69. The van der Waals surface area contributed by atoms with Crippen LogP contribution in [-0.2, 0) is 16.3 Å². The standard InChI is InChI=1S/C29H30F3N5O4S/c1-18(36(2)3)24-14-19(38)15-25(34-24)21-8-7-13-37-26(17-29(30,31)32)22(35-28(21)37)9-6-12-33-23-11-10-20(42(5,39)40)16-27(23)41-4/h7-8,10-11,13-16,18,33H,12,17H2,1-5H3,(H,34,38)/t18-/m0/s1. The van der Waals surface area contributed by atoms with Crippen LogP contribution in [0.2, 0.25) is 0 Å². The number of nitrogens with zero attached hydrogens (tertiary/aromatic N) is 3. The molecular formula is C29H30F3N5O4S. The van der Waals surface area contributed by atoms with E-state index in [9.17, 15) is 26.4 Å². The number of hydrogen-bond donors (Lipinski definition) is 2. The van der Waals surface area contributed by atoms with Crippen molar-refractivity contribution < 1.29 is 26.3 Å². The Morgan fingerprint density at radius 3 is 2.57 bits per heavy atom. The second-order valence-electron chi connectivity index (χ2n) is 9.93. The molecule has 222 valence electrons. The van der Waals surface area contributed by atoms with Crippen LogP contribution in [0.1, 0.15) is 30.0 Å². The van der Waals surface area contributed by atoms with Gasteiger partial charge in [-0.05, 0) is 51.2 Å². The average molecular weight is 602 g/mol. The number of rotatable bonds is 8. The molecule has 0 amide bonds. The first-order valence-corrected chi connectivity index (χ1v) is 14.7. The number of aromatic nitrogens is 3. The Morgan fingerprint density at radius 2 is 1.93 bits per heavy atom. The molecular weight excluding hydrogens is 571 g/mol. The fraction of sp³-hybridized carbons (Fsp3) is 0.310. The Balaban J connectivity index is 1.73. The number of ether oxygens (including phenoxy) is 1. The fourth-order valence-corrected chi connectivity index (χ4v) is 4.95. The number of anilines is 1. The number of aromatic amines is 1. The lowest BCUT2D eigenvalue weighted by Crippen LogP contribution is -2.20. The lowest BCUT2D eigenvalue weighted by Gasteiger charge is -2.20. The molecule has 13 heteroatoms. The smallest absolute Gasteiger partial charge is 0.394 e. The summed E-state index contributed by atoms with van der Waals surface area (Å²) in [5.74, 6) is 5.81. The molecule has 0 fully saturated rings. The lowest BCUT2D eigenvalue weighted by molar-refractivity contribution is -0.128. The Morgan fingerprint density at radius 1 is 1.19 bits per heavy atom. The minimum atomic E-state index is -4.52. The Bertz CT molecular complexity index is 1850. The fourth-order valence-electron chi connectivity index (χ4n) is 4.31. The Kier molecular flexibility index (Phi) is 8.70. The maximum Gasteiger partial charge on any atom is 0.394 e. The molecule has 4 aromatic rings. The van der Waals surface area contributed by atoms with Gasteiger partial charge in [0.15, 0.2) is 15.3 Å². The maximum absolute atomic E-state index is 13.6. The van der Waals surface area contributed by atoms with Gasteiger partial charge in [-0.3, -0.25) is 4.79 Å². The zero-order chi connectivity index (χ0) is 30.8. The third kappa shape index (κ3) is 6.95. The zero-order valence-electron chi connectivity index (χ0n) is 23.6. The van der Waals surface area contributed by atoms with Gasteiger partial charge in [-0.15, -0.1) is 0 Å². The van der Waals surface area contributed by atoms with Crippen LogP contribution in [0.5, 0.6) is 5.75 Å². The summed E-state index contributed by atoms with van der Waals surface area (Å²) in [5, 5.41) is 2.99. The molecule has 1 atom stereocenters. The predicted molar refractivity (Wildman–Crippen MR) is 155 cm³/mol. The van der Waals surface area contributed by atoms with Crippen molar-refractivity contribution in [1.82, 2.24) is 19.3 Å². The van der Waals surface area contributed by atoms with Crippen molar-refractivity contribution in [2.75, 3.05) is 39.3 Å². The molecule has 0 saturated heterocycles. The van der Waals surface area contributed by atoms with E-state index in [4.69, 9.17) is 4.74 Å². The van der Waals surface area contributed by atoms with Gasteiger partial charge < -0.3 is 24.3 Å². The van der Waals surface area contributed by atoms with Crippen molar-refractivity contribution in [3.8, 4) is 28.8 Å². The maximum atomic E-state index is 13.6. The molecule has 3 aromatic heterocycles. The largest absolute Gasteiger partial charge is 0.495 e. The molecule has 0 radical (unpaired) electrons. The molecule has 2 N–H and O–H groups in total. The van der Waals surface area contributed by atoms with Gasteiger partial charge in [0.1, 0.15) is 17.1 Å². The second kappa shape index (κ2) is 11.9. The molecule has 4 rings (SSSR count). The lowest BCUT2D eigenvalue weighted by atomic mass is 10.1. The number of benzene rings is 1. The van der Waals surface area contributed by atoms with Crippen molar-refractivity contribution >= 4 is 21.2 Å². The van der Waals surface area contributed by atoms with Gasteiger partial charge in [0.2, 0.25) is 0 Å². The number of alkyl halides is 3. The van der Waals surface area contributed by atoms with Gasteiger partial charge in [-0.2, -0.15) is 13.2 Å². The van der Waals surface area contributed by atoms with Crippen molar-refractivity contribution in [3.63, 3.8) is 0 Å². The van der Waals surface area contributed by atoms with Gasteiger partial charge >= 0.3 is 6.18 Å². The summed E-state index contributed by atoms with van der Waals surface area (Å²) in [4.78, 5) is 22.2. The number of nitrogens with one attached hydrogen (secondary N) is 2. The number of fused-ring (bicyclic) bond motifs is 1. The van der Waals surface area contributed by atoms with E-state index in [0.717, 1.165) is 6.26 Å². The number of imidazole rings is 1. The molecule has 0 bridgehead atoms. The molecule has 42 heavy (non-hydrogen) atoms. The normalized spacial score (nSPS) is 12.7. The van der Waals surface area contributed by atoms with Crippen molar-refractivity contribution in [1.29, 1.82) is 0 Å². The minimum Gasteiger partial charge on any atom is -0.495 e. The van der Waals surface area contributed by atoms with Gasteiger partial charge in [0, 0.05) is 48.0 Å². The molecule has 0 aliphatic rings. The van der Waals surface area contributed by atoms with Crippen molar-refractivity contribution in [2.24, 2.45) is 0 Å². The zero-order valence-corrected chi connectivity index (χ0v) is 24.4. The van der Waals surface area contributed by atoms with Crippen LogP contribution >= 0.6 is 0 Å². The summed E-state index contributed by atoms with van der Waals surface area (Å²) in [6.45, 7) is 1.93. The summed E-state index contributed by atoms with van der Waals surface area (Å²) in [6.07, 6.45) is -3.22. The Labute approximate surface area is 241 Å². The summed E-state index contributed by atoms with van der Waals surface area (Å²) in [5.41, 5.74) is 1.77. The van der Waals surface area contributed by atoms with Crippen LogP contribution < -0.4 is 15.5 Å². The highest BCUT2D eigenvalue weighted by molar-refractivity contribution is 7.90. The summed E-state index contributed by atoms with van der Waals surface area (Å²) in [6, 6.07) is 10.3. The van der Waals surface area contributed by atoms with Gasteiger partial charge in [-0.1, -0.05) is 5.92 Å². The van der Waals surface area contributed by atoms with Crippen LogP contribution in [0.15, 0.2) is 58.4 Å². The van der Waals surface area contributed by atoms with Crippen LogP contribution in [-0.4, -0.2) is 67.9 Å². The SMILES string of the molecule is COc1cc(S(C)(=O)=O)ccc1NCC#Cc1nc2c(-c3cc(=O)cc([C@H](C)N(C)C)[nH]3)cccn2c1CC(F)(F)F. The molecule has 0 aliphatic carbocycles. The highest BCUT2D eigenvalue weighted by Gasteiger charge is 2.31. The van der Waals surface area contributed by atoms with Gasteiger partial charge in [0.25, 0.3) is 0 Å². The second-order valence-corrected chi connectivity index (χ2v) is 11.9. The van der Waals surface area contributed by atoms with E-state index < -0.39 is 22.4 Å². The highest BCUT2D eigenvalue weighted by atomic mass is 32.2. The van der Waals surface area contributed by atoms with E-state index in [1.165, 1.54) is 48.0 Å². The third-order valence-electron chi connectivity index (χ3n) is 6.67. The molecule has 0 spiro atoms. The molecule has 0 aliphatic heterocycles. The number of pyridine rings is 2. The van der Waals surface area contributed by atoms with Crippen LogP contribution in [0.25, 0.3) is 16.9 Å². The molecule has 1 aromatic carbocycles. The summed E-state index contributed by atoms with van der Waals surface area (Å²) < 4.78 is 71.1. The first kappa shape index (κ1) is 30.7. The number of H-pyrrole nitrogens is 1. The quantitative estimate of drug-likeness (QED) is 0.290. The predicted octanol–water partition coefficient (Wildman–Crippen LogP) is 4.29. The molecule has 9 nitrogen and oxygen atoms in total. The number of sulfone groups is 1. The number of methoxy groups -OCH3 is 1. The summed E-state index contributed by atoms with van der Waals surface area (Å²) >= 11 is 0. The van der Waals surface area contributed by atoms with Gasteiger partial charge in [-0.25, -0.2) is 13.4 Å². The van der Waals surface area contributed by atoms with Crippen LogP contribution in [0, 0.1) is 11.8 Å². The first-order valence-electron chi connectivity index (χ1n) is 12.8. The highest BCUT2D eigenvalue weighted by Crippen LogP contribution is 2.30. The topological polar surface area (TPSA) is 109 Å². The Hall–Kier alpha value is -4.28. The molecule has 0 saturated carbocycles.